The Kier molecular flexibility index (Phi) is 3.84. The largest absolute Gasteiger partial charge is 0.354 e. The summed E-state index contributed by atoms with van der Waals surface area (Å²) >= 11 is 0. The summed E-state index contributed by atoms with van der Waals surface area (Å²) in [6.07, 6.45) is 3.32. The molecule has 5 heteroatoms. The first kappa shape index (κ1) is 12.4. The van der Waals surface area contributed by atoms with Crippen LogP contribution in [0, 0.1) is 5.82 Å². The predicted octanol–water partition coefficient (Wildman–Crippen LogP) is 1.71. The molecule has 1 heterocycles. The molecule has 0 saturated heterocycles. The molecule has 0 bridgehead atoms. The number of hydrogen-bond donors (Lipinski definition) is 1. The van der Waals surface area contributed by atoms with Crippen LogP contribution in [0.25, 0.3) is 0 Å². The van der Waals surface area contributed by atoms with Gasteiger partial charge in [0.2, 0.25) is 0 Å². The van der Waals surface area contributed by atoms with Crippen LogP contribution in [0.3, 0.4) is 0 Å². The van der Waals surface area contributed by atoms with Crippen LogP contribution in [0.5, 0.6) is 0 Å². The van der Waals surface area contributed by atoms with Gasteiger partial charge in [-0.05, 0) is 17.7 Å². The summed E-state index contributed by atoms with van der Waals surface area (Å²) in [7, 11) is 1.89. The standard InChI is InChI=1S/C13H15FN4/c1-18(9-10-3-2-4-11(14)5-10)13-8-16-12(6-15)7-17-13/h2-5,7-8H,6,9,15H2,1H3. The smallest absolute Gasteiger partial charge is 0.147 e. The molecule has 1 aromatic carbocycles. The van der Waals surface area contributed by atoms with Crippen molar-refractivity contribution in [3.8, 4) is 0 Å². The van der Waals surface area contributed by atoms with Gasteiger partial charge in [0.05, 0.1) is 18.1 Å². The number of hydrogen-bond acceptors (Lipinski definition) is 4. The van der Waals surface area contributed by atoms with E-state index in [2.05, 4.69) is 9.97 Å². The number of rotatable bonds is 4. The topological polar surface area (TPSA) is 55.0 Å². The molecular weight excluding hydrogens is 231 g/mol. The average molecular weight is 246 g/mol. The molecule has 2 N–H and O–H groups in total. The first-order valence-corrected chi connectivity index (χ1v) is 5.65. The molecule has 4 nitrogen and oxygen atoms in total. The lowest BCUT2D eigenvalue weighted by molar-refractivity contribution is 0.625. The van der Waals surface area contributed by atoms with Crippen LogP contribution in [-0.4, -0.2) is 17.0 Å². The van der Waals surface area contributed by atoms with Gasteiger partial charge in [-0.1, -0.05) is 12.1 Å². The molecule has 2 aromatic rings. The highest BCUT2D eigenvalue weighted by atomic mass is 19.1. The highest BCUT2D eigenvalue weighted by Crippen LogP contribution is 2.12. The van der Waals surface area contributed by atoms with Crippen molar-refractivity contribution in [2.24, 2.45) is 5.73 Å². The summed E-state index contributed by atoms with van der Waals surface area (Å²) in [6.45, 7) is 0.954. The fourth-order valence-electron chi connectivity index (χ4n) is 1.64. The summed E-state index contributed by atoms with van der Waals surface area (Å²) in [6, 6.07) is 6.51. The molecule has 0 saturated carbocycles. The number of aromatic nitrogens is 2. The molecule has 0 unspecified atom stereocenters. The second-order valence-corrected chi connectivity index (χ2v) is 4.06. The third-order valence-corrected chi connectivity index (χ3v) is 2.60. The van der Waals surface area contributed by atoms with Crippen LogP contribution in [0.1, 0.15) is 11.3 Å². The Morgan fingerprint density at radius 1 is 1.28 bits per heavy atom. The van der Waals surface area contributed by atoms with Crippen LogP contribution in [0.2, 0.25) is 0 Å². The maximum atomic E-state index is 13.1. The SMILES string of the molecule is CN(Cc1cccc(F)c1)c1cnc(CN)cn1. The van der Waals surface area contributed by atoms with E-state index in [0.717, 1.165) is 17.1 Å². The highest BCUT2D eigenvalue weighted by Gasteiger charge is 2.05. The molecule has 0 aliphatic carbocycles. The summed E-state index contributed by atoms with van der Waals surface area (Å²) in [5.74, 6) is 0.502. The fourth-order valence-corrected chi connectivity index (χ4v) is 1.64. The first-order chi connectivity index (χ1) is 8.69. The van der Waals surface area contributed by atoms with Gasteiger partial charge in [0, 0.05) is 20.1 Å². The second-order valence-electron chi connectivity index (χ2n) is 4.06. The third kappa shape index (κ3) is 3.01. The molecule has 0 radical (unpaired) electrons. The van der Waals surface area contributed by atoms with Gasteiger partial charge < -0.3 is 10.6 Å². The van der Waals surface area contributed by atoms with E-state index in [9.17, 15) is 4.39 Å². The van der Waals surface area contributed by atoms with Gasteiger partial charge in [-0.25, -0.2) is 9.37 Å². The van der Waals surface area contributed by atoms with Crippen molar-refractivity contribution in [2.45, 2.75) is 13.1 Å². The van der Waals surface area contributed by atoms with Crippen LogP contribution in [-0.2, 0) is 13.1 Å². The van der Waals surface area contributed by atoms with Crippen molar-refractivity contribution in [2.75, 3.05) is 11.9 Å². The van der Waals surface area contributed by atoms with Gasteiger partial charge in [-0.3, -0.25) is 4.98 Å². The van der Waals surface area contributed by atoms with Gasteiger partial charge in [0.15, 0.2) is 0 Å². The van der Waals surface area contributed by atoms with Gasteiger partial charge >= 0.3 is 0 Å². The average Bonchev–Trinajstić information content (AvgIpc) is 2.39. The van der Waals surface area contributed by atoms with E-state index >= 15 is 0 Å². The van der Waals surface area contributed by atoms with Gasteiger partial charge in [-0.2, -0.15) is 0 Å². The minimum absolute atomic E-state index is 0.231. The molecular formula is C13H15FN4. The molecule has 0 spiro atoms. The zero-order valence-electron chi connectivity index (χ0n) is 10.2. The Labute approximate surface area is 105 Å². The van der Waals surface area contributed by atoms with E-state index < -0.39 is 0 Å². The quantitative estimate of drug-likeness (QED) is 0.892. The van der Waals surface area contributed by atoms with Crippen LogP contribution >= 0.6 is 0 Å². The Morgan fingerprint density at radius 3 is 2.72 bits per heavy atom. The van der Waals surface area contributed by atoms with Gasteiger partial charge in [0.25, 0.3) is 0 Å². The molecule has 0 aliphatic heterocycles. The lowest BCUT2D eigenvalue weighted by Gasteiger charge is -2.17. The lowest BCUT2D eigenvalue weighted by Crippen LogP contribution is -2.18. The third-order valence-electron chi connectivity index (χ3n) is 2.60. The predicted molar refractivity (Wildman–Crippen MR) is 68.4 cm³/mol. The first-order valence-electron chi connectivity index (χ1n) is 5.65. The van der Waals surface area contributed by atoms with Crippen LogP contribution in [0.4, 0.5) is 10.2 Å². The molecule has 94 valence electrons. The van der Waals surface area contributed by atoms with E-state index in [0.29, 0.717) is 13.1 Å². The Hall–Kier alpha value is -2.01. The molecule has 0 atom stereocenters. The summed E-state index contributed by atoms with van der Waals surface area (Å²) < 4.78 is 13.1. The maximum absolute atomic E-state index is 13.1. The van der Waals surface area contributed by atoms with E-state index in [4.69, 9.17) is 5.73 Å². The molecule has 18 heavy (non-hydrogen) atoms. The van der Waals surface area contributed by atoms with Crippen LogP contribution in [0.15, 0.2) is 36.7 Å². The summed E-state index contributed by atoms with van der Waals surface area (Å²) in [5.41, 5.74) is 7.10. The van der Waals surface area contributed by atoms with Gasteiger partial charge in [-0.15, -0.1) is 0 Å². The van der Waals surface area contributed by atoms with Crippen molar-refractivity contribution in [1.82, 2.24) is 9.97 Å². The van der Waals surface area contributed by atoms with E-state index in [1.54, 1.807) is 18.5 Å². The van der Waals surface area contributed by atoms with Crippen LogP contribution < -0.4 is 10.6 Å². The van der Waals surface area contributed by atoms with E-state index in [-0.39, 0.29) is 5.82 Å². The number of halogens is 1. The number of nitrogens with zero attached hydrogens (tertiary/aromatic N) is 3. The molecule has 0 amide bonds. The maximum Gasteiger partial charge on any atom is 0.147 e. The Morgan fingerprint density at radius 2 is 2.11 bits per heavy atom. The van der Waals surface area contributed by atoms with Gasteiger partial charge in [0.1, 0.15) is 11.6 Å². The second kappa shape index (κ2) is 5.55. The van der Waals surface area contributed by atoms with Crippen molar-refractivity contribution >= 4 is 5.82 Å². The van der Waals surface area contributed by atoms with E-state index in [1.807, 2.05) is 18.0 Å². The number of anilines is 1. The lowest BCUT2D eigenvalue weighted by atomic mass is 10.2. The zero-order valence-corrected chi connectivity index (χ0v) is 10.2. The molecule has 1 aromatic heterocycles. The minimum Gasteiger partial charge on any atom is -0.354 e. The van der Waals surface area contributed by atoms with E-state index in [1.165, 1.54) is 12.1 Å². The Balaban J connectivity index is 2.09. The van der Waals surface area contributed by atoms with Crippen molar-refractivity contribution < 1.29 is 4.39 Å². The minimum atomic E-state index is -0.231. The molecule has 2 rings (SSSR count). The Bertz CT molecular complexity index is 513. The summed E-state index contributed by atoms with van der Waals surface area (Å²) in [4.78, 5) is 10.3. The molecule has 0 fully saturated rings. The number of nitrogens with two attached hydrogens (primary N) is 1. The van der Waals surface area contributed by atoms with Crippen molar-refractivity contribution in [1.29, 1.82) is 0 Å². The van der Waals surface area contributed by atoms with Crippen molar-refractivity contribution in [3.05, 3.63) is 53.7 Å². The monoisotopic (exact) mass is 246 g/mol. The summed E-state index contributed by atoms with van der Waals surface area (Å²) in [5, 5.41) is 0. The fraction of sp³-hybridized carbons (Fsp3) is 0.231. The zero-order chi connectivity index (χ0) is 13.0. The highest BCUT2D eigenvalue weighted by molar-refractivity contribution is 5.36. The molecule has 0 aliphatic rings. The normalized spacial score (nSPS) is 10.4. The number of benzene rings is 1. The van der Waals surface area contributed by atoms with Crippen molar-refractivity contribution in [3.63, 3.8) is 0 Å².